The molecule has 0 bridgehead atoms. The molecule has 0 saturated heterocycles. The number of Topliss-reactive ketones (excluding diaryl/α,β-unsaturated/α-hetero) is 1. The van der Waals surface area contributed by atoms with Gasteiger partial charge in [-0.2, -0.15) is 5.26 Å². The Morgan fingerprint density at radius 1 is 1.62 bits per heavy atom. The molecule has 0 atom stereocenters. The summed E-state index contributed by atoms with van der Waals surface area (Å²) < 4.78 is 0. The first-order valence-corrected chi connectivity index (χ1v) is 3.87. The van der Waals surface area contributed by atoms with Crippen LogP contribution in [0.1, 0.15) is 22.8 Å². The standard InChI is InChI=1S/C9H6ClNO2/c1-5(12)8-3-7(13)2-6(4-11)9(8)10/h2-3,13H,1H3. The molecule has 1 aromatic rings. The number of hydrogen-bond donors (Lipinski definition) is 1. The highest BCUT2D eigenvalue weighted by Gasteiger charge is 2.11. The second kappa shape index (κ2) is 3.46. The summed E-state index contributed by atoms with van der Waals surface area (Å²) in [5, 5.41) is 17.8. The van der Waals surface area contributed by atoms with Gasteiger partial charge in [-0.3, -0.25) is 4.79 Å². The summed E-state index contributed by atoms with van der Waals surface area (Å²) in [5.74, 6) is -0.413. The molecule has 0 radical (unpaired) electrons. The first kappa shape index (κ1) is 9.56. The topological polar surface area (TPSA) is 61.1 Å². The first-order chi connectivity index (χ1) is 6.06. The number of benzene rings is 1. The Hall–Kier alpha value is -1.53. The summed E-state index contributed by atoms with van der Waals surface area (Å²) in [6, 6.07) is 4.25. The van der Waals surface area contributed by atoms with Crippen LogP contribution in [0, 0.1) is 11.3 Å². The third-order valence-electron chi connectivity index (χ3n) is 1.56. The molecule has 1 N–H and O–H groups in total. The third kappa shape index (κ3) is 1.79. The predicted octanol–water partition coefficient (Wildman–Crippen LogP) is 2.12. The second-order valence-corrected chi connectivity index (χ2v) is 2.90. The average Bonchev–Trinajstić information content (AvgIpc) is 2.08. The van der Waals surface area contributed by atoms with Crippen molar-refractivity contribution < 1.29 is 9.90 Å². The van der Waals surface area contributed by atoms with E-state index in [4.69, 9.17) is 22.0 Å². The van der Waals surface area contributed by atoms with Crippen LogP contribution in [0.3, 0.4) is 0 Å². The van der Waals surface area contributed by atoms with E-state index in [0.29, 0.717) is 0 Å². The van der Waals surface area contributed by atoms with Crippen molar-refractivity contribution in [2.24, 2.45) is 0 Å². The van der Waals surface area contributed by atoms with Gasteiger partial charge in [-0.05, 0) is 19.1 Å². The molecule has 0 spiro atoms. The maximum absolute atomic E-state index is 11.0. The van der Waals surface area contributed by atoms with Crippen LogP contribution in [-0.4, -0.2) is 10.9 Å². The highest BCUT2D eigenvalue weighted by Crippen LogP contribution is 2.26. The Kier molecular flexibility index (Phi) is 2.54. The van der Waals surface area contributed by atoms with Gasteiger partial charge >= 0.3 is 0 Å². The van der Waals surface area contributed by atoms with Crippen molar-refractivity contribution >= 4 is 17.4 Å². The van der Waals surface area contributed by atoms with Crippen molar-refractivity contribution in [1.29, 1.82) is 5.26 Å². The quantitative estimate of drug-likeness (QED) is 0.699. The molecule has 1 aromatic carbocycles. The van der Waals surface area contributed by atoms with Crippen LogP contribution in [0.2, 0.25) is 5.02 Å². The summed E-state index contributed by atoms with van der Waals surface area (Å²) in [5.41, 5.74) is 0.269. The van der Waals surface area contributed by atoms with E-state index in [1.54, 1.807) is 6.07 Å². The largest absolute Gasteiger partial charge is 0.508 e. The lowest BCUT2D eigenvalue weighted by Gasteiger charge is -2.02. The fraction of sp³-hybridized carbons (Fsp3) is 0.111. The highest BCUT2D eigenvalue weighted by molar-refractivity contribution is 6.35. The first-order valence-electron chi connectivity index (χ1n) is 3.50. The third-order valence-corrected chi connectivity index (χ3v) is 1.96. The molecular formula is C9H6ClNO2. The minimum Gasteiger partial charge on any atom is -0.508 e. The lowest BCUT2D eigenvalue weighted by Crippen LogP contribution is -1.95. The summed E-state index contributed by atoms with van der Waals surface area (Å²) in [7, 11) is 0. The Morgan fingerprint density at radius 3 is 2.69 bits per heavy atom. The molecule has 0 aliphatic heterocycles. The average molecular weight is 196 g/mol. The number of hydrogen-bond acceptors (Lipinski definition) is 3. The number of nitrogens with zero attached hydrogens (tertiary/aromatic N) is 1. The molecule has 66 valence electrons. The van der Waals surface area contributed by atoms with Gasteiger partial charge in [-0.25, -0.2) is 0 Å². The van der Waals surface area contributed by atoms with Gasteiger partial charge in [0.05, 0.1) is 10.6 Å². The van der Waals surface area contributed by atoms with E-state index in [1.165, 1.54) is 19.1 Å². The molecule has 3 nitrogen and oxygen atoms in total. The number of rotatable bonds is 1. The highest BCUT2D eigenvalue weighted by atomic mass is 35.5. The van der Waals surface area contributed by atoms with Crippen LogP contribution in [0.4, 0.5) is 0 Å². The number of phenols is 1. The molecule has 0 aliphatic carbocycles. The van der Waals surface area contributed by atoms with E-state index in [9.17, 15) is 4.79 Å². The van der Waals surface area contributed by atoms with Gasteiger partial charge in [0.15, 0.2) is 5.78 Å². The van der Waals surface area contributed by atoms with Crippen molar-refractivity contribution in [3.05, 3.63) is 28.3 Å². The normalized spacial score (nSPS) is 9.31. The molecule has 0 amide bonds. The van der Waals surface area contributed by atoms with Crippen molar-refractivity contribution in [3.8, 4) is 11.8 Å². The zero-order chi connectivity index (χ0) is 10.0. The summed E-state index contributed by atoms with van der Waals surface area (Å²) in [6.45, 7) is 1.32. The molecule has 13 heavy (non-hydrogen) atoms. The van der Waals surface area contributed by atoms with Crippen molar-refractivity contribution in [3.63, 3.8) is 0 Å². The number of halogens is 1. The molecule has 0 heterocycles. The molecule has 0 saturated carbocycles. The van der Waals surface area contributed by atoms with E-state index in [1.807, 2.05) is 0 Å². The van der Waals surface area contributed by atoms with Gasteiger partial charge in [0, 0.05) is 5.56 Å². The minimum absolute atomic E-state index is 0.0906. The Balaban J connectivity index is 3.47. The van der Waals surface area contributed by atoms with Crippen LogP contribution in [0.25, 0.3) is 0 Å². The lowest BCUT2D eigenvalue weighted by molar-refractivity contribution is 0.101. The van der Waals surface area contributed by atoms with E-state index in [0.717, 1.165) is 0 Å². The number of carbonyl (C=O) groups is 1. The van der Waals surface area contributed by atoms with Crippen LogP contribution in [-0.2, 0) is 0 Å². The fourth-order valence-electron chi connectivity index (χ4n) is 0.947. The van der Waals surface area contributed by atoms with Gasteiger partial charge in [-0.15, -0.1) is 0 Å². The Labute approximate surface area is 80.2 Å². The number of ketones is 1. The van der Waals surface area contributed by atoms with Crippen LogP contribution in [0.15, 0.2) is 12.1 Å². The van der Waals surface area contributed by atoms with Crippen LogP contribution < -0.4 is 0 Å². The van der Waals surface area contributed by atoms with E-state index >= 15 is 0 Å². The lowest BCUT2D eigenvalue weighted by atomic mass is 10.1. The van der Waals surface area contributed by atoms with Gasteiger partial charge in [0.2, 0.25) is 0 Å². The van der Waals surface area contributed by atoms with E-state index in [2.05, 4.69) is 0 Å². The van der Waals surface area contributed by atoms with Gasteiger partial charge in [0.25, 0.3) is 0 Å². The SMILES string of the molecule is CC(=O)c1cc(O)cc(C#N)c1Cl. The maximum Gasteiger partial charge on any atom is 0.161 e. The molecule has 0 unspecified atom stereocenters. The zero-order valence-electron chi connectivity index (χ0n) is 6.84. The number of carbonyl (C=O) groups excluding carboxylic acids is 1. The number of phenolic OH excluding ortho intramolecular Hbond substituents is 1. The van der Waals surface area contributed by atoms with Gasteiger partial charge < -0.3 is 5.11 Å². The molecule has 4 heteroatoms. The molecule has 0 fully saturated rings. The van der Waals surface area contributed by atoms with Crippen LogP contribution in [0.5, 0.6) is 5.75 Å². The Bertz CT molecular complexity index is 407. The predicted molar refractivity (Wildman–Crippen MR) is 47.8 cm³/mol. The van der Waals surface area contributed by atoms with Crippen LogP contribution >= 0.6 is 11.6 Å². The summed E-state index contributed by atoms with van der Waals surface area (Å²) >= 11 is 5.72. The van der Waals surface area contributed by atoms with Gasteiger partial charge in [0.1, 0.15) is 11.8 Å². The smallest absolute Gasteiger partial charge is 0.161 e. The zero-order valence-corrected chi connectivity index (χ0v) is 7.59. The van der Waals surface area contributed by atoms with E-state index in [-0.39, 0.29) is 27.7 Å². The van der Waals surface area contributed by atoms with Crippen molar-refractivity contribution in [2.45, 2.75) is 6.92 Å². The number of nitriles is 1. The second-order valence-electron chi connectivity index (χ2n) is 2.52. The summed E-state index contributed by atoms with van der Waals surface area (Å²) in [6.07, 6.45) is 0. The van der Waals surface area contributed by atoms with Crippen molar-refractivity contribution in [1.82, 2.24) is 0 Å². The maximum atomic E-state index is 11.0. The van der Waals surface area contributed by atoms with Crippen molar-refractivity contribution in [2.75, 3.05) is 0 Å². The molecule has 0 aliphatic rings. The van der Waals surface area contributed by atoms with E-state index < -0.39 is 0 Å². The molecule has 0 aromatic heterocycles. The van der Waals surface area contributed by atoms with Gasteiger partial charge in [-0.1, -0.05) is 11.6 Å². The Morgan fingerprint density at radius 2 is 2.23 bits per heavy atom. The fourth-order valence-corrected chi connectivity index (χ4v) is 1.23. The monoisotopic (exact) mass is 195 g/mol. The molecular weight excluding hydrogens is 190 g/mol. The minimum atomic E-state index is -0.280. The number of aromatic hydroxyl groups is 1. The summed E-state index contributed by atoms with van der Waals surface area (Å²) in [4.78, 5) is 11.0. The molecule has 1 rings (SSSR count).